The van der Waals surface area contributed by atoms with Crippen LogP contribution in [0.15, 0.2) is 30.3 Å². The van der Waals surface area contributed by atoms with Crippen LogP contribution in [0.2, 0.25) is 0 Å². The number of hydrogen-bond acceptors (Lipinski definition) is 5. The van der Waals surface area contributed by atoms with Crippen LogP contribution in [-0.4, -0.2) is 50.4 Å². The van der Waals surface area contributed by atoms with Crippen LogP contribution < -0.4 is 9.64 Å². The monoisotopic (exact) mass is 303 g/mol. The van der Waals surface area contributed by atoms with Gasteiger partial charge < -0.3 is 19.1 Å². The van der Waals surface area contributed by atoms with Crippen molar-refractivity contribution >= 4 is 5.82 Å². The van der Waals surface area contributed by atoms with Crippen LogP contribution >= 0.6 is 0 Å². The van der Waals surface area contributed by atoms with Gasteiger partial charge in [0.2, 0.25) is 0 Å². The van der Waals surface area contributed by atoms with Crippen molar-refractivity contribution in [3.05, 3.63) is 30.3 Å². The van der Waals surface area contributed by atoms with Crippen LogP contribution in [0.5, 0.6) is 5.75 Å². The molecule has 0 radical (unpaired) electrons. The Bertz CT molecular complexity index is 591. The van der Waals surface area contributed by atoms with E-state index in [2.05, 4.69) is 15.1 Å². The number of methoxy groups -OCH3 is 1. The molecule has 0 aliphatic carbocycles. The van der Waals surface area contributed by atoms with Gasteiger partial charge in [-0.05, 0) is 29.8 Å². The normalized spacial score (nSPS) is 15.2. The summed E-state index contributed by atoms with van der Waals surface area (Å²) in [4.78, 5) is 2.09. The smallest absolute Gasteiger partial charge is 0.159 e. The molecule has 6 heteroatoms. The topological polar surface area (TPSA) is 59.6 Å². The number of rotatable bonds is 6. The maximum absolute atomic E-state index is 5.45. The molecule has 2 heterocycles. The summed E-state index contributed by atoms with van der Waals surface area (Å²) in [6, 6.07) is 9.94. The molecule has 1 aromatic carbocycles. The third-order valence-corrected chi connectivity index (χ3v) is 3.75. The van der Waals surface area contributed by atoms with Gasteiger partial charge in [0.15, 0.2) is 12.1 Å². The lowest BCUT2D eigenvalue weighted by Crippen LogP contribution is -2.23. The predicted molar refractivity (Wildman–Crippen MR) is 84.2 cm³/mol. The highest BCUT2D eigenvalue weighted by Crippen LogP contribution is 2.24. The SMILES string of the molecule is COc1ccc(-c2cc(N(C)CCC3OCCO3)n[nH]2)cc1. The molecule has 6 nitrogen and oxygen atoms in total. The molecule has 3 rings (SSSR count). The summed E-state index contributed by atoms with van der Waals surface area (Å²) < 4.78 is 16.1. The molecule has 0 spiro atoms. The Hall–Kier alpha value is -2.05. The minimum atomic E-state index is -0.0811. The van der Waals surface area contributed by atoms with Gasteiger partial charge in [-0.25, -0.2) is 0 Å². The van der Waals surface area contributed by atoms with E-state index in [-0.39, 0.29) is 6.29 Å². The Morgan fingerprint density at radius 1 is 1.27 bits per heavy atom. The molecular weight excluding hydrogens is 282 g/mol. The lowest BCUT2D eigenvalue weighted by atomic mass is 10.1. The summed E-state index contributed by atoms with van der Waals surface area (Å²) in [5.41, 5.74) is 2.06. The maximum atomic E-state index is 5.45. The Morgan fingerprint density at radius 3 is 2.68 bits per heavy atom. The first-order valence-electron chi connectivity index (χ1n) is 7.40. The number of benzene rings is 1. The molecule has 0 amide bonds. The first kappa shape index (κ1) is 14.9. The largest absolute Gasteiger partial charge is 0.497 e. The first-order valence-corrected chi connectivity index (χ1v) is 7.40. The molecule has 22 heavy (non-hydrogen) atoms. The zero-order valence-electron chi connectivity index (χ0n) is 12.9. The molecule has 2 aromatic rings. The van der Waals surface area contributed by atoms with Crippen molar-refractivity contribution in [3.8, 4) is 17.0 Å². The summed E-state index contributed by atoms with van der Waals surface area (Å²) in [6.45, 7) is 2.22. The van der Waals surface area contributed by atoms with E-state index in [0.717, 1.165) is 35.8 Å². The van der Waals surface area contributed by atoms with E-state index in [0.29, 0.717) is 13.2 Å². The number of aromatic amines is 1. The second-order valence-electron chi connectivity index (χ2n) is 5.25. The molecule has 118 valence electrons. The van der Waals surface area contributed by atoms with Crippen LogP contribution in [0.1, 0.15) is 6.42 Å². The van der Waals surface area contributed by atoms with Gasteiger partial charge in [-0.15, -0.1) is 0 Å². The van der Waals surface area contributed by atoms with E-state index in [4.69, 9.17) is 14.2 Å². The molecule has 0 unspecified atom stereocenters. The molecule has 1 N–H and O–H groups in total. The standard InChI is InChI=1S/C16H21N3O3/c1-19(8-7-16-21-9-10-22-16)15-11-14(17-18-15)12-3-5-13(20-2)6-4-12/h3-6,11,16H,7-10H2,1-2H3,(H,17,18). The molecule has 0 atom stereocenters. The number of nitrogens with zero attached hydrogens (tertiary/aromatic N) is 2. The second-order valence-corrected chi connectivity index (χ2v) is 5.25. The average Bonchev–Trinajstić information content (AvgIpc) is 3.24. The minimum absolute atomic E-state index is 0.0811. The molecule has 0 bridgehead atoms. The minimum Gasteiger partial charge on any atom is -0.497 e. The van der Waals surface area contributed by atoms with Gasteiger partial charge in [-0.3, -0.25) is 5.10 Å². The Kier molecular flexibility index (Phi) is 4.60. The van der Waals surface area contributed by atoms with Gasteiger partial charge in [-0.2, -0.15) is 5.10 Å². The number of anilines is 1. The van der Waals surface area contributed by atoms with Crippen molar-refractivity contribution in [1.29, 1.82) is 0 Å². The maximum Gasteiger partial charge on any atom is 0.159 e. The van der Waals surface area contributed by atoms with Gasteiger partial charge in [0.1, 0.15) is 5.75 Å². The quantitative estimate of drug-likeness (QED) is 0.887. The van der Waals surface area contributed by atoms with Crippen LogP contribution in [0, 0.1) is 0 Å². The zero-order chi connectivity index (χ0) is 15.4. The fourth-order valence-electron chi connectivity index (χ4n) is 2.41. The van der Waals surface area contributed by atoms with Crippen molar-refractivity contribution in [1.82, 2.24) is 10.2 Å². The number of hydrogen-bond donors (Lipinski definition) is 1. The molecular formula is C16H21N3O3. The van der Waals surface area contributed by atoms with E-state index in [9.17, 15) is 0 Å². The van der Waals surface area contributed by atoms with Gasteiger partial charge >= 0.3 is 0 Å². The third-order valence-electron chi connectivity index (χ3n) is 3.75. The van der Waals surface area contributed by atoms with Gasteiger partial charge in [0, 0.05) is 26.1 Å². The lowest BCUT2D eigenvalue weighted by molar-refractivity contribution is -0.0447. The molecule has 1 fully saturated rings. The Balaban J connectivity index is 1.61. The highest BCUT2D eigenvalue weighted by Gasteiger charge is 2.17. The Labute approximate surface area is 130 Å². The molecule has 1 aliphatic rings. The number of ether oxygens (including phenoxy) is 3. The van der Waals surface area contributed by atoms with Gasteiger partial charge in [-0.1, -0.05) is 0 Å². The van der Waals surface area contributed by atoms with Gasteiger partial charge in [0.05, 0.1) is 26.0 Å². The number of aromatic nitrogens is 2. The Morgan fingerprint density at radius 2 is 2.00 bits per heavy atom. The fraction of sp³-hybridized carbons (Fsp3) is 0.438. The summed E-state index contributed by atoms with van der Waals surface area (Å²) >= 11 is 0. The first-order chi connectivity index (χ1) is 10.8. The fourth-order valence-corrected chi connectivity index (χ4v) is 2.41. The van der Waals surface area contributed by atoms with Crippen molar-refractivity contribution in [3.63, 3.8) is 0 Å². The predicted octanol–water partition coefficient (Wildman–Crippen LogP) is 2.28. The van der Waals surface area contributed by atoms with Crippen LogP contribution in [0.3, 0.4) is 0 Å². The highest BCUT2D eigenvalue weighted by molar-refractivity contribution is 5.63. The van der Waals surface area contributed by atoms with Crippen LogP contribution in [-0.2, 0) is 9.47 Å². The van der Waals surface area contributed by atoms with Crippen LogP contribution in [0.4, 0.5) is 5.82 Å². The van der Waals surface area contributed by atoms with Crippen molar-refractivity contribution in [2.75, 3.05) is 38.8 Å². The number of nitrogens with one attached hydrogen (secondary N) is 1. The van der Waals surface area contributed by atoms with Crippen molar-refractivity contribution in [2.24, 2.45) is 0 Å². The summed E-state index contributed by atoms with van der Waals surface area (Å²) in [5, 5.41) is 7.44. The number of H-pyrrole nitrogens is 1. The summed E-state index contributed by atoms with van der Waals surface area (Å²) in [5.74, 6) is 1.75. The van der Waals surface area contributed by atoms with E-state index in [1.54, 1.807) is 7.11 Å². The van der Waals surface area contributed by atoms with Gasteiger partial charge in [0.25, 0.3) is 0 Å². The molecule has 1 saturated heterocycles. The highest BCUT2D eigenvalue weighted by atomic mass is 16.7. The summed E-state index contributed by atoms with van der Waals surface area (Å²) in [6.07, 6.45) is 0.753. The van der Waals surface area contributed by atoms with E-state index < -0.39 is 0 Å². The molecule has 1 aliphatic heterocycles. The lowest BCUT2D eigenvalue weighted by Gasteiger charge is -2.17. The van der Waals surface area contributed by atoms with E-state index >= 15 is 0 Å². The average molecular weight is 303 g/mol. The van der Waals surface area contributed by atoms with Crippen LogP contribution in [0.25, 0.3) is 11.3 Å². The molecule has 0 saturated carbocycles. The third kappa shape index (κ3) is 3.40. The molecule has 1 aromatic heterocycles. The summed E-state index contributed by atoms with van der Waals surface area (Å²) in [7, 11) is 3.68. The zero-order valence-corrected chi connectivity index (χ0v) is 12.9. The second kappa shape index (κ2) is 6.81. The van der Waals surface area contributed by atoms with Crippen molar-refractivity contribution < 1.29 is 14.2 Å². The van der Waals surface area contributed by atoms with E-state index in [1.807, 2.05) is 37.4 Å². The van der Waals surface area contributed by atoms with Crippen molar-refractivity contribution in [2.45, 2.75) is 12.7 Å². The van der Waals surface area contributed by atoms with E-state index in [1.165, 1.54) is 0 Å².